The van der Waals surface area contributed by atoms with Crippen molar-refractivity contribution in [3.8, 4) is 16.9 Å². The summed E-state index contributed by atoms with van der Waals surface area (Å²) in [6, 6.07) is 24.8. The predicted octanol–water partition coefficient (Wildman–Crippen LogP) is 4.08. The maximum absolute atomic E-state index is 12.3. The van der Waals surface area contributed by atoms with Crippen LogP contribution in [-0.2, 0) is 9.59 Å². The van der Waals surface area contributed by atoms with E-state index in [2.05, 4.69) is 10.6 Å². The van der Waals surface area contributed by atoms with Gasteiger partial charge in [-0.15, -0.1) is 0 Å². The number of anilines is 2. The zero-order chi connectivity index (χ0) is 18.6. The van der Waals surface area contributed by atoms with Gasteiger partial charge in [0.25, 0.3) is 5.91 Å². The maximum atomic E-state index is 12.3. The number of benzene rings is 3. The number of carbonyl (C=O) groups excluding carboxylic acids is 2. The Balaban J connectivity index is 1.39. The normalized spacial score (nSPS) is 15.3. The van der Waals surface area contributed by atoms with Crippen LogP contribution in [0.25, 0.3) is 11.1 Å². The number of amides is 2. The van der Waals surface area contributed by atoms with Gasteiger partial charge in [0.05, 0.1) is 12.1 Å². The first kappa shape index (κ1) is 16.8. The molecule has 134 valence electrons. The van der Waals surface area contributed by atoms with Gasteiger partial charge >= 0.3 is 0 Å². The number of nitrogens with one attached hydrogen (secondary N) is 2. The van der Waals surface area contributed by atoms with E-state index in [0.717, 1.165) is 11.1 Å². The fraction of sp³-hybridized carbons (Fsp3) is 0.0909. The van der Waals surface area contributed by atoms with Crippen LogP contribution >= 0.6 is 0 Å². The van der Waals surface area contributed by atoms with Crippen LogP contribution in [0.5, 0.6) is 5.75 Å². The van der Waals surface area contributed by atoms with Crippen molar-refractivity contribution < 1.29 is 14.3 Å². The lowest BCUT2D eigenvalue weighted by atomic mass is 10.1. The number of fused-ring (bicyclic) bond motifs is 1. The highest BCUT2D eigenvalue weighted by molar-refractivity contribution is 6.02. The summed E-state index contributed by atoms with van der Waals surface area (Å²) in [6.07, 6.45) is -0.899. The van der Waals surface area contributed by atoms with Crippen molar-refractivity contribution in [2.24, 2.45) is 0 Å². The molecule has 4 rings (SSSR count). The van der Waals surface area contributed by atoms with Crippen LogP contribution in [0.2, 0.25) is 0 Å². The highest BCUT2D eigenvalue weighted by atomic mass is 16.5. The minimum Gasteiger partial charge on any atom is -0.478 e. The van der Waals surface area contributed by atoms with Gasteiger partial charge in [0.1, 0.15) is 5.75 Å². The zero-order valence-electron chi connectivity index (χ0n) is 14.5. The van der Waals surface area contributed by atoms with Crippen molar-refractivity contribution in [3.63, 3.8) is 0 Å². The molecule has 0 radical (unpaired) electrons. The van der Waals surface area contributed by atoms with Crippen LogP contribution in [0.4, 0.5) is 11.4 Å². The Morgan fingerprint density at radius 2 is 1.56 bits per heavy atom. The van der Waals surface area contributed by atoms with Gasteiger partial charge in [0.15, 0.2) is 6.10 Å². The van der Waals surface area contributed by atoms with E-state index >= 15 is 0 Å². The van der Waals surface area contributed by atoms with Crippen molar-refractivity contribution in [1.82, 2.24) is 0 Å². The van der Waals surface area contributed by atoms with Crippen LogP contribution in [0.1, 0.15) is 6.42 Å². The first-order valence-electron chi connectivity index (χ1n) is 8.71. The molecule has 0 unspecified atom stereocenters. The van der Waals surface area contributed by atoms with Crippen LogP contribution < -0.4 is 15.4 Å². The summed E-state index contributed by atoms with van der Waals surface area (Å²) in [5.41, 5.74) is 3.48. The number of para-hydroxylation sites is 2. The highest BCUT2D eigenvalue weighted by Crippen LogP contribution is 2.29. The van der Waals surface area contributed by atoms with Crippen molar-refractivity contribution in [2.75, 3.05) is 10.6 Å². The van der Waals surface area contributed by atoms with Crippen LogP contribution in [-0.4, -0.2) is 17.9 Å². The van der Waals surface area contributed by atoms with Gasteiger partial charge < -0.3 is 15.4 Å². The van der Waals surface area contributed by atoms with Crippen molar-refractivity contribution >= 4 is 23.2 Å². The third-order valence-electron chi connectivity index (χ3n) is 4.35. The Morgan fingerprint density at radius 3 is 2.33 bits per heavy atom. The van der Waals surface area contributed by atoms with E-state index in [9.17, 15) is 9.59 Å². The van der Waals surface area contributed by atoms with Gasteiger partial charge in [-0.3, -0.25) is 9.59 Å². The molecule has 5 heteroatoms. The molecule has 0 aromatic heterocycles. The zero-order valence-corrected chi connectivity index (χ0v) is 14.5. The van der Waals surface area contributed by atoms with E-state index in [1.807, 2.05) is 66.7 Å². The smallest absolute Gasteiger partial charge is 0.266 e. The Bertz CT molecular complexity index is 968. The van der Waals surface area contributed by atoms with Crippen molar-refractivity contribution in [2.45, 2.75) is 12.5 Å². The molecule has 1 aliphatic rings. The first-order chi connectivity index (χ1) is 13.2. The Hall–Kier alpha value is -3.60. The number of ether oxygens (including phenoxy) is 1. The molecular weight excluding hydrogens is 340 g/mol. The summed E-state index contributed by atoms with van der Waals surface area (Å²) in [5.74, 6) is -0.0209. The number of hydrogen-bond donors (Lipinski definition) is 2. The topological polar surface area (TPSA) is 67.4 Å². The molecule has 0 aliphatic carbocycles. The van der Waals surface area contributed by atoms with Crippen LogP contribution in [0.15, 0.2) is 78.9 Å². The van der Waals surface area contributed by atoms with Crippen LogP contribution in [0.3, 0.4) is 0 Å². The lowest BCUT2D eigenvalue weighted by Crippen LogP contribution is -2.39. The summed E-state index contributed by atoms with van der Waals surface area (Å²) in [4.78, 5) is 24.5. The number of carbonyl (C=O) groups is 2. The number of hydrogen-bond acceptors (Lipinski definition) is 3. The largest absolute Gasteiger partial charge is 0.478 e. The molecule has 27 heavy (non-hydrogen) atoms. The lowest BCUT2D eigenvalue weighted by molar-refractivity contribution is -0.128. The summed E-state index contributed by atoms with van der Waals surface area (Å²) in [5, 5.41) is 5.57. The standard InChI is InChI=1S/C22H18N2O3/c25-21(14-20-22(26)24-18-8-4-5-9-19(18)27-20)23-17-12-10-16(11-13-17)15-6-2-1-3-7-15/h1-13,20H,14H2,(H,23,25)(H,24,26)/t20-/m1/s1. The Morgan fingerprint density at radius 1 is 0.889 bits per heavy atom. The second-order valence-corrected chi connectivity index (χ2v) is 6.29. The van der Waals surface area contributed by atoms with Gasteiger partial charge in [-0.1, -0.05) is 54.6 Å². The van der Waals surface area contributed by atoms with Crippen molar-refractivity contribution in [3.05, 3.63) is 78.9 Å². The molecule has 0 saturated heterocycles. The molecule has 1 heterocycles. The number of rotatable bonds is 4. The SMILES string of the molecule is O=C(C[C@H]1Oc2ccccc2NC1=O)Nc1ccc(-c2ccccc2)cc1. The average Bonchev–Trinajstić information content (AvgIpc) is 2.70. The molecule has 0 spiro atoms. The minimum absolute atomic E-state index is 0.0550. The second kappa shape index (κ2) is 7.33. The van der Waals surface area contributed by atoms with Gasteiger partial charge in [-0.05, 0) is 35.4 Å². The van der Waals surface area contributed by atoms with E-state index in [-0.39, 0.29) is 18.2 Å². The molecule has 1 atom stereocenters. The van der Waals surface area contributed by atoms with E-state index in [1.165, 1.54) is 0 Å². The fourth-order valence-corrected chi connectivity index (χ4v) is 2.98. The van der Waals surface area contributed by atoms with Gasteiger partial charge in [0.2, 0.25) is 5.91 Å². The molecular formula is C22H18N2O3. The molecule has 5 nitrogen and oxygen atoms in total. The third-order valence-corrected chi connectivity index (χ3v) is 4.35. The molecule has 3 aromatic carbocycles. The monoisotopic (exact) mass is 358 g/mol. The Labute approximate surface area is 157 Å². The van der Waals surface area contributed by atoms with Gasteiger partial charge in [-0.2, -0.15) is 0 Å². The molecule has 3 aromatic rings. The van der Waals surface area contributed by atoms with E-state index in [4.69, 9.17) is 4.74 Å². The molecule has 0 bridgehead atoms. The van der Waals surface area contributed by atoms with Gasteiger partial charge in [-0.25, -0.2) is 0 Å². The predicted molar refractivity (Wildman–Crippen MR) is 105 cm³/mol. The van der Waals surface area contributed by atoms with E-state index in [0.29, 0.717) is 17.1 Å². The van der Waals surface area contributed by atoms with E-state index < -0.39 is 6.10 Å². The average molecular weight is 358 g/mol. The summed E-state index contributed by atoms with van der Waals surface area (Å²) >= 11 is 0. The summed E-state index contributed by atoms with van der Waals surface area (Å²) < 4.78 is 5.66. The Kier molecular flexibility index (Phi) is 4.58. The second-order valence-electron chi connectivity index (χ2n) is 6.29. The van der Waals surface area contributed by atoms with E-state index in [1.54, 1.807) is 12.1 Å². The quantitative estimate of drug-likeness (QED) is 0.738. The highest BCUT2D eigenvalue weighted by Gasteiger charge is 2.29. The lowest BCUT2D eigenvalue weighted by Gasteiger charge is -2.25. The summed E-state index contributed by atoms with van der Waals surface area (Å²) in [7, 11) is 0. The molecule has 2 amide bonds. The van der Waals surface area contributed by atoms with Crippen molar-refractivity contribution in [1.29, 1.82) is 0 Å². The molecule has 0 saturated carbocycles. The first-order valence-corrected chi connectivity index (χ1v) is 8.71. The molecule has 0 fully saturated rings. The molecule has 2 N–H and O–H groups in total. The summed E-state index contributed by atoms with van der Waals surface area (Å²) in [6.45, 7) is 0. The van der Waals surface area contributed by atoms with Crippen LogP contribution in [0, 0.1) is 0 Å². The van der Waals surface area contributed by atoms with Gasteiger partial charge in [0, 0.05) is 5.69 Å². The maximum Gasteiger partial charge on any atom is 0.266 e. The fourth-order valence-electron chi connectivity index (χ4n) is 2.98. The molecule has 1 aliphatic heterocycles. The minimum atomic E-state index is -0.844. The third kappa shape index (κ3) is 3.82.